The molecule has 3 nitrogen and oxygen atoms in total. The van der Waals surface area contributed by atoms with Crippen LogP contribution in [0.1, 0.15) is 33.0 Å². The molecule has 1 aromatic carbocycles. The van der Waals surface area contributed by atoms with Gasteiger partial charge in [0.1, 0.15) is 5.82 Å². The topological polar surface area (TPSA) is 46.2 Å². The molecule has 110 valence electrons. The maximum Gasteiger partial charge on any atom is 0.220 e. The van der Waals surface area contributed by atoms with Crippen LogP contribution >= 0.6 is 11.3 Å². The van der Waals surface area contributed by atoms with Crippen LogP contribution in [-0.2, 0) is 11.3 Å². The van der Waals surface area contributed by atoms with Gasteiger partial charge in [0.25, 0.3) is 0 Å². The van der Waals surface area contributed by atoms with Gasteiger partial charge in [-0.05, 0) is 36.8 Å². The predicted octanol–water partition coefficient (Wildman–Crippen LogP) is 3.47. The third-order valence-electron chi connectivity index (χ3n) is 2.97. The molecule has 0 unspecified atom stereocenters. The van der Waals surface area contributed by atoms with Gasteiger partial charge < -0.3 is 5.32 Å². The Labute approximate surface area is 126 Å². The van der Waals surface area contributed by atoms with Crippen molar-refractivity contribution in [2.24, 2.45) is 0 Å². The van der Waals surface area contributed by atoms with Crippen LogP contribution in [0.25, 0.3) is 0 Å². The second-order valence-electron chi connectivity index (χ2n) is 4.74. The van der Waals surface area contributed by atoms with E-state index in [0.29, 0.717) is 10.4 Å². The minimum absolute atomic E-state index is 0.0194. The Morgan fingerprint density at radius 1 is 1.19 bits per heavy atom. The summed E-state index contributed by atoms with van der Waals surface area (Å²) >= 11 is 1.44. The normalized spacial score (nSPS) is 10.4. The number of thiophene rings is 1. The highest BCUT2D eigenvalue weighted by atomic mass is 32.1. The first-order valence-electron chi connectivity index (χ1n) is 6.65. The Hall–Kier alpha value is -2.01. The number of rotatable bonds is 6. The summed E-state index contributed by atoms with van der Waals surface area (Å²) < 4.78 is 13.0. The molecule has 0 aliphatic carbocycles. The quantitative estimate of drug-likeness (QED) is 0.831. The predicted molar refractivity (Wildman–Crippen MR) is 80.9 cm³/mol. The van der Waals surface area contributed by atoms with E-state index in [0.717, 1.165) is 4.88 Å². The molecule has 2 rings (SSSR count). The molecule has 0 saturated carbocycles. The Morgan fingerprint density at radius 2 is 2.00 bits per heavy atom. The maximum atomic E-state index is 13.0. The molecule has 1 amide bonds. The first kappa shape index (κ1) is 15.4. The van der Waals surface area contributed by atoms with Gasteiger partial charge in [-0.2, -0.15) is 0 Å². The number of ketones is 1. The fourth-order valence-electron chi connectivity index (χ4n) is 1.87. The lowest BCUT2D eigenvalue weighted by Crippen LogP contribution is -2.23. The van der Waals surface area contributed by atoms with Gasteiger partial charge >= 0.3 is 0 Å². The molecule has 0 atom stereocenters. The number of amides is 1. The number of aryl methyl sites for hydroxylation is 1. The van der Waals surface area contributed by atoms with Crippen LogP contribution in [-0.4, -0.2) is 11.7 Å². The molecule has 21 heavy (non-hydrogen) atoms. The van der Waals surface area contributed by atoms with Crippen molar-refractivity contribution >= 4 is 23.0 Å². The first-order chi connectivity index (χ1) is 10.0. The van der Waals surface area contributed by atoms with Crippen molar-refractivity contribution in [3.8, 4) is 0 Å². The van der Waals surface area contributed by atoms with Crippen molar-refractivity contribution in [3.63, 3.8) is 0 Å². The molecule has 2 aromatic rings. The van der Waals surface area contributed by atoms with Gasteiger partial charge in [-0.15, -0.1) is 11.3 Å². The van der Waals surface area contributed by atoms with Crippen molar-refractivity contribution in [2.45, 2.75) is 26.3 Å². The number of Topliss-reactive ketones (excluding diaryl/α,β-unsaturated/α-hetero) is 1. The Morgan fingerprint density at radius 3 is 2.67 bits per heavy atom. The van der Waals surface area contributed by atoms with Crippen LogP contribution in [0, 0.1) is 12.7 Å². The SMILES string of the molecule is Cc1ccc(C(=O)CCC(=O)NCc2cccc(F)c2)s1. The molecule has 0 aliphatic rings. The number of benzene rings is 1. The zero-order valence-corrected chi connectivity index (χ0v) is 12.5. The van der Waals surface area contributed by atoms with Crippen LogP contribution in [0.4, 0.5) is 4.39 Å². The number of hydrogen-bond donors (Lipinski definition) is 1. The maximum absolute atomic E-state index is 13.0. The van der Waals surface area contributed by atoms with Gasteiger partial charge in [-0.1, -0.05) is 12.1 Å². The van der Waals surface area contributed by atoms with E-state index in [-0.39, 0.29) is 36.9 Å². The van der Waals surface area contributed by atoms with Crippen molar-refractivity contribution < 1.29 is 14.0 Å². The fourth-order valence-corrected chi connectivity index (χ4v) is 2.71. The number of halogens is 1. The summed E-state index contributed by atoms with van der Waals surface area (Å²) in [6, 6.07) is 9.74. The Bertz CT molecular complexity index is 651. The Balaban J connectivity index is 1.76. The van der Waals surface area contributed by atoms with Crippen molar-refractivity contribution in [2.75, 3.05) is 0 Å². The first-order valence-corrected chi connectivity index (χ1v) is 7.47. The summed E-state index contributed by atoms with van der Waals surface area (Å²) in [6.07, 6.45) is 0.333. The lowest BCUT2D eigenvalue weighted by molar-refractivity contribution is -0.121. The van der Waals surface area contributed by atoms with Crippen LogP contribution in [0.3, 0.4) is 0 Å². The summed E-state index contributed by atoms with van der Waals surface area (Å²) in [4.78, 5) is 25.3. The molecule has 0 saturated heterocycles. The zero-order chi connectivity index (χ0) is 15.2. The molecule has 0 aliphatic heterocycles. The number of nitrogens with one attached hydrogen (secondary N) is 1. The van der Waals surface area contributed by atoms with Crippen LogP contribution in [0.5, 0.6) is 0 Å². The highest BCUT2D eigenvalue weighted by molar-refractivity contribution is 7.14. The summed E-state index contributed by atoms with van der Waals surface area (Å²) in [5.74, 6) is -0.556. The standard InChI is InChI=1S/C16H16FNO2S/c1-11-5-7-15(21-11)14(19)6-8-16(20)18-10-12-3-2-4-13(17)9-12/h2-5,7,9H,6,8,10H2,1H3,(H,18,20). The minimum Gasteiger partial charge on any atom is -0.352 e. The van der Waals surface area contributed by atoms with E-state index < -0.39 is 0 Å². The monoisotopic (exact) mass is 305 g/mol. The van der Waals surface area contributed by atoms with Gasteiger partial charge in [-0.25, -0.2) is 4.39 Å². The average Bonchev–Trinajstić information content (AvgIpc) is 2.89. The van der Waals surface area contributed by atoms with E-state index >= 15 is 0 Å². The molecule has 5 heteroatoms. The largest absolute Gasteiger partial charge is 0.352 e. The highest BCUT2D eigenvalue weighted by Crippen LogP contribution is 2.17. The second kappa shape index (κ2) is 7.13. The second-order valence-corrected chi connectivity index (χ2v) is 6.03. The summed E-state index contributed by atoms with van der Waals surface area (Å²) in [5, 5.41) is 2.68. The molecular weight excluding hydrogens is 289 g/mol. The molecule has 1 N–H and O–H groups in total. The highest BCUT2D eigenvalue weighted by Gasteiger charge is 2.11. The van der Waals surface area contributed by atoms with Gasteiger partial charge in [0.05, 0.1) is 4.88 Å². The molecule has 0 radical (unpaired) electrons. The van der Waals surface area contributed by atoms with E-state index in [1.54, 1.807) is 18.2 Å². The number of carbonyl (C=O) groups excluding carboxylic acids is 2. The van der Waals surface area contributed by atoms with Crippen molar-refractivity contribution in [3.05, 3.63) is 57.5 Å². The van der Waals surface area contributed by atoms with Gasteiger partial charge in [0, 0.05) is 24.3 Å². The summed E-state index contributed by atoms with van der Waals surface area (Å²) in [7, 11) is 0. The van der Waals surface area contributed by atoms with Crippen molar-refractivity contribution in [1.82, 2.24) is 5.32 Å². The third-order valence-corrected chi connectivity index (χ3v) is 4.01. The van der Waals surface area contributed by atoms with E-state index in [4.69, 9.17) is 0 Å². The molecule has 0 fully saturated rings. The van der Waals surface area contributed by atoms with Gasteiger partial charge in [0.15, 0.2) is 5.78 Å². The Kier molecular flexibility index (Phi) is 5.22. The minimum atomic E-state index is -0.329. The number of hydrogen-bond acceptors (Lipinski definition) is 3. The molecule has 0 bridgehead atoms. The van der Waals surface area contributed by atoms with E-state index in [2.05, 4.69) is 5.32 Å². The van der Waals surface area contributed by atoms with Gasteiger partial charge in [-0.3, -0.25) is 9.59 Å². The smallest absolute Gasteiger partial charge is 0.220 e. The lowest BCUT2D eigenvalue weighted by atomic mass is 10.1. The van der Waals surface area contributed by atoms with Gasteiger partial charge in [0.2, 0.25) is 5.91 Å². The van der Waals surface area contributed by atoms with E-state index in [9.17, 15) is 14.0 Å². The fraction of sp³-hybridized carbons (Fsp3) is 0.250. The van der Waals surface area contributed by atoms with Crippen molar-refractivity contribution in [1.29, 1.82) is 0 Å². The average molecular weight is 305 g/mol. The van der Waals surface area contributed by atoms with Crippen LogP contribution < -0.4 is 5.32 Å². The molecular formula is C16H16FNO2S. The summed E-state index contributed by atoms with van der Waals surface area (Å²) in [5.41, 5.74) is 0.698. The third kappa shape index (κ3) is 4.79. The number of carbonyl (C=O) groups is 2. The molecule has 1 aromatic heterocycles. The van der Waals surface area contributed by atoms with Crippen LogP contribution in [0.15, 0.2) is 36.4 Å². The zero-order valence-electron chi connectivity index (χ0n) is 11.7. The van der Waals surface area contributed by atoms with Crippen LogP contribution in [0.2, 0.25) is 0 Å². The lowest BCUT2D eigenvalue weighted by Gasteiger charge is -2.05. The molecule has 0 spiro atoms. The summed E-state index contributed by atoms with van der Waals surface area (Å²) in [6.45, 7) is 2.20. The molecule has 1 heterocycles. The van der Waals surface area contributed by atoms with E-state index in [1.807, 2.05) is 13.0 Å². The van der Waals surface area contributed by atoms with E-state index in [1.165, 1.54) is 23.5 Å².